The molecule has 0 aromatic heterocycles. The minimum atomic E-state index is -0.812. The molecule has 0 spiro atoms. The number of hydrogen-bond donors (Lipinski definition) is 0. The number of esters is 1. The third-order valence-electron chi connectivity index (χ3n) is 2.27. The largest absolute Gasteiger partial charge is 0.508 e. The van der Waals surface area contributed by atoms with Crippen molar-refractivity contribution in [1.29, 1.82) is 0 Å². The van der Waals surface area contributed by atoms with Crippen molar-refractivity contribution in [3.63, 3.8) is 0 Å². The highest BCUT2D eigenvalue weighted by atomic mass is 32.2. The zero-order valence-corrected chi connectivity index (χ0v) is 14.8. The maximum Gasteiger partial charge on any atom is 0.508 e. The van der Waals surface area contributed by atoms with Gasteiger partial charge in [0.05, 0.1) is 18.5 Å². The van der Waals surface area contributed by atoms with Crippen LogP contribution in [0.4, 0.5) is 4.79 Å². The molecule has 1 saturated heterocycles. The van der Waals surface area contributed by atoms with Crippen LogP contribution in [0.25, 0.3) is 0 Å². The average Bonchev–Trinajstić information content (AvgIpc) is 2.56. The van der Waals surface area contributed by atoms with Gasteiger partial charge in [0, 0.05) is 11.8 Å². The molecule has 0 amide bonds. The molecule has 1 fully saturated rings. The molecule has 0 bridgehead atoms. The summed E-state index contributed by atoms with van der Waals surface area (Å²) in [6.07, 6.45) is 0.218. The van der Waals surface area contributed by atoms with Crippen molar-refractivity contribution < 1.29 is 33.3 Å². The van der Waals surface area contributed by atoms with Gasteiger partial charge in [-0.2, -0.15) is 0 Å². The van der Waals surface area contributed by atoms with Gasteiger partial charge in [0.15, 0.2) is 0 Å². The van der Waals surface area contributed by atoms with Crippen LogP contribution in [0, 0.1) is 0 Å². The van der Waals surface area contributed by atoms with E-state index in [0.717, 1.165) is 9.60 Å². The van der Waals surface area contributed by atoms with Gasteiger partial charge < -0.3 is 23.7 Å². The molecule has 0 aromatic carbocycles. The highest BCUT2D eigenvalue weighted by Crippen LogP contribution is 2.24. The first kappa shape index (κ1) is 20.2. The van der Waals surface area contributed by atoms with E-state index in [1.807, 2.05) is 0 Å². The molecule has 1 rings (SSSR count). The Morgan fingerprint density at radius 2 is 1.83 bits per heavy atom. The molecule has 10 heteroatoms. The number of carbonyl (C=O) groups is 2. The number of hydrogen-bond acceptors (Lipinski definition) is 10. The van der Waals surface area contributed by atoms with Crippen LogP contribution in [0.3, 0.4) is 0 Å². The first-order valence-electron chi connectivity index (χ1n) is 6.69. The summed E-state index contributed by atoms with van der Waals surface area (Å²) in [5.74, 6) is -0.0426. The molecular weight excluding hydrogens is 364 g/mol. The van der Waals surface area contributed by atoms with Gasteiger partial charge >= 0.3 is 12.1 Å². The molecule has 0 aromatic rings. The Morgan fingerprint density at radius 1 is 1.17 bits per heavy atom. The molecule has 0 saturated carbocycles. The summed E-state index contributed by atoms with van der Waals surface area (Å²) in [6.45, 7) is 4.87. The lowest BCUT2D eigenvalue weighted by atomic mass is 10.5. The van der Waals surface area contributed by atoms with Crippen molar-refractivity contribution in [2.45, 2.75) is 5.25 Å². The van der Waals surface area contributed by atoms with Crippen LogP contribution in [0.15, 0.2) is 12.7 Å². The van der Waals surface area contributed by atoms with E-state index in [4.69, 9.17) is 31.2 Å². The predicted molar refractivity (Wildman–Crippen MR) is 91.7 cm³/mol. The SMILES string of the molecule is C=CC(=O)OCCOC(=O)OCCSC(=S)SC1COCOC1. The van der Waals surface area contributed by atoms with Gasteiger partial charge in [0.2, 0.25) is 0 Å². The smallest absolute Gasteiger partial charge is 0.459 e. The maximum atomic E-state index is 11.2. The summed E-state index contributed by atoms with van der Waals surface area (Å²) in [7, 11) is 0. The highest BCUT2D eigenvalue weighted by Gasteiger charge is 2.17. The first-order chi connectivity index (χ1) is 11.1. The van der Waals surface area contributed by atoms with Crippen LogP contribution in [0.2, 0.25) is 0 Å². The van der Waals surface area contributed by atoms with Crippen molar-refractivity contribution in [2.75, 3.05) is 45.6 Å². The molecule has 0 radical (unpaired) electrons. The minimum absolute atomic E-state index is 0.0407. The second-order valence-electron chi connectivity index (χ2n) is 4.02. The van der Waals surface area contributed by atoms with Gasteiger partial charge in [-0.1, -0.05) is 30.6 Å². The number of rotatable bonds is 8. The molecule has 1 heterocycles. The van der Waals surface area contributed by atoms with Crippen molar-refractivity contribution in [1.82, 2.24) is 0 Å². The Balaban J connectivity index is 1.96. The topological polar surface area (TPSA) is 80.3 Å². The molecule has 0 aliphatic carbocycles. The zero-order valence-electron chi connectivity index (χ0n) is 12.4. The Hall–Kier alpha value is -0.810. The fraction of sp³-hybridized carbons (Fsp3) is 0.615. The number of thioether (sulfide) groups is 2. The van der Waals surface area contributed by atoms with Gasteiger partial charge in [-0.3, -0.25) is 0 Å². The lowest BCUT2D eigenvalue weighted by molar-refractivity contribution is -0.138. The van der Waals surface area contributed by atoms with E-state index in [-0.39, 0.29) is 25.1 Å². The molecular formula is C13H18O7S3. The van der Waals surface area contributed by atoms with Gasteiger partial charge in [-0.15, -0.1) is 11.8 Å². The minimum Gasteiger partial charge on any atom is -0.459 e. The number of ether oxygens (including phenoxy) is 5. The summed E-state index contributed by atoms with van der Waals surface area (Å²) in [6, 6.07) is 0. The summed E-state index contributed by atoms with van der Waals surface area (Å²) in [5, 5.41) is 0.202. The second kappa shape index (κ2) is 12.6. The molecule has 0 unspecified atom stereocenters. The lowest BCUT2D eigenvalue weighted by Gasteiger charge is -2.21. The van der Waals surface area contributed by atoms with Crippen LogP contribution >= 0.6 is 35.7 Å². The Morgan fingerprint density at radius 3 is 2.52 bits per heavy atom. The maximum absolute atomic E-state index is 11.2. The van der Waals surface area contributed by atoms with Crippen LogP contribution in [0.1, 0.15) is 0 Å². The Labute approximate surface area is 148 Å². The Kier molecular flexibility index (Phi) is 11.1. The van der Waals surface area contributed by atoms with Crippen LogP contribution in [0.5, 0.6) is 0 Å². The van der Waals surface area contributed by atoms with Gasteiger partial charge in [-0.05, 0) is 0 Å². The first-order valence-corrected chi connectivity index (χ1v) is 8.97. The van der Waals surface area contributed by atoms with Crippen molar-refractivity contribution in [3.8, 4) is 0 Å². The molecule has 0 N–H and O–H groups in total. The van der Waals surface area contributed by atoms with E-state index < -0.39 is 12.1 Å². The molecule has 130 valence electrons. The molecule has 1 aliphatic rings. The van der Waals surface area contributed by atoms with E-state index in [1.54, 1.807) is 0 Å². The van der Waals surface area contributed by atoms with Crippen molar-refractivity contribution in [2.24, 2.45) is 0 Å². The molecule has 23 heavy (non-hydrogen) atoms. The van der Waals surface area contributed by atoms with E-state index >= 15 is 0 Å². The average molecular weight is 382 g/mol. The summed E-state index contributed by atoms with van der Waals surface area (Å²) in [5.41, 5.74) is 0. The molecule has 0 atom stereocenters. The summed E-state index contributed by atoms with van der Waals surface area (Å²) < 4.78 is 25.3. The van der Waals surface area contributed by atoms with Crippen LogP contribution in [-0.2, 0) is 28.5 Å². The molecule has 1 aliphatic heterocycles. The van der Waals surface area contributed by atoms with Crippen molar-refractivity contribution in [3.05, 3.63) is 12.7 Å². The highest BCUT2D eigenvalue weighted by molar-refractivity contribution is 8.47. The Bertz CT molecular complexity index is 410. The van der Waals surface area contributed by atoms with E-state index in [9.17, 15) is 9.59 Å². The number of thiocarbonyl (C=S) groups is 1. The van der Waals surface area contributed by atoms with E-state index in [2.05, 4.69) is 11.3 Å². The third kappa shape index (κ3) is 10.6. The monoisotopic (exact) mass is 382 g/mol. The van der Waals surface area contributed by atoms with Gasteiger partial charge in [0.25, 0.3) is 0 Å². The number of carbonyl (C=O) groups excluding carboxylic acids is 2. The van der Waals surface area contributed by atoms with Gasteiger partial charge in [-0.25, -0.2) is 9.59 Å². The van der Waals surface area contributed by atoms with Crippen molar-refractivity contribution >= 4 is 51.4 Å². The quantitative estimate of drug-likeness (QED) is 0.269. The van der Waals surface area contributed by atoms with Crippen LogP contribution < -0.4 is 0 Å². The van der Waals surface area contributed by atoms with E-state index in [0.29, 0.717) is 25.8 Å². The zero-order chi connectivity index (χ0) is 16.9. The predicted octanol–water partition coefficient (Wildman–Crippen LogP) is 1.99. The van der Waals surface area contributed by atoms with Crippen LogP contribution in [-0.4, -0.2) is 66.5 Å². The summed E-state index contributed by atoms with van der Waals surface area (Å²) >= 11 is 8.16. The fourth-order valence-electron chi connectivity index (χ4n) is 1.32. The fourth-order valence-corrected chi connectivity index (χ4v) is 3.84. The molecule has 7 nitrogen and oxygen atoms in total. The van der Waals surface area contributed by atoms with Gasteiger partial charge in [0.1, 0.15) is 30.1 Å². The normalized spacial score (nSPS) is 14.8. The second-order valence-corrected chi connectivity index (χ2v) is 7.62. The summed E-state index contributed by atoms with van der Waals surface area (Å²) in [4.78, 5) is 22.0. The standard InChI is InChI=1S/C13H18O7S3/c1-2-11(14)18-3-4-19-12(15)20-5-6-22-13(21)23-10-7-16-9-17-8-10/h2,10H,1,3-9H2. The third-order valence-corrected chi connectivity index (χ3v) is 4.96. The lowest BCUT2D eigenvalue weighted by Crippen LogP contribution is -2.27. The van der Waals surface area contributed by atoms with E-state index in [1.165, 1.54) is 23.5 Å².